The average molecular weight is 60.1 g/mol. The zero-order valence-corrected chi connectivity index (χ0v) is 2.36. The molecule has 2 nitrogen and oxygen atoms in total. The van der Waals surface area contributed by atoms with E-state index in [9.17, 15) is 0 Å². The van der Waals surface area contributed by atoms with Crippen LogP contribution in [0, 0.1) is 6.92 Å². The van der Waals surface area contributed by atoms with Crippen LogP contribution < -0.4 is 5.48 Å². The van der Waals surface area contributed by atoms with Crippen LogP contribution in [0.2, 0.25) is 0 Å². The van der Waals surface area contributed by atoms with Crippen molar-refractivity contribution in [3.05, 3.63) is 6.92 Å². The van der Waals surface area contributed by atoms with Gasteiger partial charge in [-0.1, -0.05) is 0 Å². The van der Waals surface area contributed by atoms with Gasteiger partial charge in [-0.25, -0.2) is 5.48 Å². The van der Waals surface area contributed by atoms with E-state index in [0.29, 0.717) is 6.54 Å². The lowest BCUT2D eigenvalue weighted by Gasteiger charge is -1.75. The SMILES string of the molecule is [CH2]CNO. The van der Waals surface area contributed by atoms with Crippen molar-refractivity contribution in [1.29, 1.82) is 0 Å². The van der Waals surface area contributed by atoms with Crippen molar-refractivity contribution in [3.8, 4) is 0 Å². The molecule has 2 N–H and O–H groups in total. The number of nitrogens with one attached hydrogen (secondary N) is 1. The van der Waals surface area contributed by atoms with Crippen LogP contribution in [0.15, 0.2) is 0 Å². The number of rotatable bonds is 1. The minimum Gasteiger partial charge on any atom is -0.317 e. The van der Waals surface area contributed by atoms with Gasteiger partial charge in [-0.3, -0.25) is 0 Å². The van der Waals surface area contributed by atoms with Gasteiger partial charge < -0.3 is 5.21 Å². The van der Waals surface area contributed by atoms with Crippen LogP contribution in [0.25, 0.3) is 0 Å². The summed E-state index contributed by atoms with van der Waals surface area (Å²) >= 11 is 0. The third kappa shape index (κ3) is 1.92. The van der Waals surface area contributed by atoms with E-state index in [2.05, 4.69) is 6.92 Å². The molecule has 0 heterocycles. The Morgan fingerprint density at radius 3 is 2.25 bits per heavy atom. The Morgan fingerprint density at radius 2 is 2.25 bits per heavy atom. The fraction of sp³-hybridized carbons (Fsp3) is 0.500. The molecule has 0 aliphatic heterocycles. The molecule has 0 unspecified atom stereocenters. The van der Waals surface area contributed by atoms with E-state index in [1.807, 2.05) is 5.48 Å². The van der Waals surface area contributed by atoms with Crippen molar-refractivity contribution in [2.24, 2.45) is 0 Å². The average Bonchev–Trinajstić information content (AvgIpc) is 1.37. The minimum atomic E-state index is 0.375. The molecule has 25 valence electrons. The molecule has 0 aromatic heterocycles. The first-order valence-corrected chi connectivity index (χ1v) is 1.08. The Hall–Kier alpha value is -0.0800. The van der Waals surface area contributed by atoms with Gasteiger partial charge in [-0.05, 0) is 6.92 Å². The summed E-state index contributed by atoms with van der Waals surface area (Å²) in [7, 11) is 0. The number of hydrogen-bond acceptors (Lipinski definition) is 2. The van der Waals surface area contributed by atoms with Gasteiger partial charge in [-0.15, -0.1) is 0 Å². The van der Waals surface area contributed by atoms with Gasteiger partial charge in [0, 0.05) is 6.54 Å². The lowest BCUT2D eigenvalue weighted by molar-refractivity contribution is 0.179. The second-order valence-electron chi connectivity index (χ2n) is 0.408. The van der Waals surface area contributed by atoms with Crippen molar-refractivity contribution in [1.82, 2.24) is 5.48 Å². The van der Waals surface area contributed by atoms with Crippen LogP contribution in [0.1, 0.15) is 0 Å². The second-order valence-corrected chi connectivity index (χ2v) is 0.408. The van der Waals surface area contributed by atoms with E-state index in [0.717, 1.165) is 0 Å². The molecule has 0 amide bonds. The fourth-order valence-corrected chi connectivity index (χ4v) is 0. The van der Waals surface area contributed by atoms with Crippen molar-refractivity contribution >= 4 is 0 Å². The number of hydrogen-bond donors (Lipinski definition) is 2. The molecule has 0 rings (SSSR count). The topological polar surface area (TPSA) is 32.3 Å². The Kier molecular flexibility index (Phi) is 2.86. The van der Waals surface area contributed by atoms with Gasteiger partial charge in [0.1, 0.15) is 0 Å². The maximum atomic E-state index is 7.56. The maximum Gasteiger partial charge on any atom is 0.0207 e. The van der Waals surface area contributed by atoms with Crippen molar-refractivity contribution in [3.63, 3.8) is 0 Å². The molecule has 1 radical (unpaired) electrons. The monoisotopic (exact) mass is 60.0 g/mol. The molecule has 0 fully saturated rings. The first-order valence-electron chi connectivity index (χ1n) is 1.08. The standard InChI is InChI=1S/C2H6NO/c1-2-3-4/h3-4H,1-2H2. The van der Waals surface area contributed by atoms with Crippen LogP contribution in [-0.4, -0.2) is 11.8 Å². The molecular weight excluding hydrogens is 54.0 g/mol. The summed E-state index contributed by atoms with van der Waals surface area (Å²) in [5.41, 5.74) is 1.82. The Bertz CT molecular complexity index is 8.00. The highest BCUT2D eigenvalue weighted by molar-refractivity contribution is 4.28. The van der Waals surface area contributed by atoms with Crippen LogP contribution in [0.3, 0.4) is 0 Å². The molecule has 4 heavy (non-hydrogen) atoms. The molecule has 0 aliphatic carbocycles. The molecule has 0 saturated heterocycles. The fourth-order valence-electron chi connectivity index (χ4n) is 0. The predicted molar refractivity (Wildman–Crippen MR) is 15.1 cm³/mol. The molecule has 0 aromatic carbocycles. The first kappa shape index (κ1) is 3.92. The summed E-state index contributed by atoms with van der Waals surface area (Å²) < 4.78 is 0. The van der Waals surface area contributed by atoms with Crippen LogP contribution in [0.4, 0.5) is 0 Å². The van der Waals surface area contributed by atoms with Crippen molar-refractivity contribution in [2.75, 3.05) is 6.54 Å². The van der Waals surface area contributed by atoms with Gasteiger partial charge >= 0.3 is 0 Å². The molecule has 0 aromatic rings. The summed E-state index contributed by atoms with van der Waals surface area (Å²) in [5.74, 6) is 0. The van der Waals surface area contributed by atoms with E-state index < -0.39 is 0 Å². The van der Waals surface area contributed by atoms with E-state index in [4.69, 9.17) is 5.21 Å². The smallest absolute Gasteiger partial charge is 0.0207 e. The molecule has 0 aliphatic rings. The number of hydroxylamine groups is 1. The normalized spacial score (nSPS) is 7.50. The highest BCUT2D eigenvalue weighted by Gasteiger charge is 1.52. The third-order valence-corrected chi connectivity index (χ3v) is 0.112. The molecule has 0 saturated carbocycles. The van der Waals surface area contributed by atoms with Gasteiger partial charge in [0.2, 0.25) is 0 Å². The second kappa shape index (κ2) is 2.92. The lowest BCUT2D eigenvalue weighted by atomic mass is 10.8. The van der Waals surface area contributed by atoms with Crippen molar-refractivity contribution in [2.45, 2.75) is 0 Å². The summed E-state index contributed by atoms with van der Waals surface area (Å²) in [6, 6.07) is 0. The maximum absolute atomic E-state index is 7.56. The van der Waals surface area contributed by atoms with E-state index in [-0.39, 0.29) is 0 Å². The molecular formula is C2H6NO. The van der Waals surface area contributed by atoms with Crippen LogP contribution in [0.5, 0.6) is 0 Å². The third-order valence-electron chi connectivity index (χ3n) is 0.112. The summed E-state index contributed by atoms with van der Waals surface area (Å²) in [6.45, 7) is 3.62. The Balaban J connectivity index is 1.97. The quantitative estimate of drug-likeness (QED) is 0.411. The van der Waals surface area contributed by atoms with Gasteiger partial charge in [-0.2, -0.15) is 0 Å². The van der Waals surface area contributed by atoms with E-state index >= 15 is 0 Å². The predicted octanol–water partition coefficient (Wildman–Crippen LogP) is -0.201. The van der Waals surface area contributed by atoms with Crippen LogP contribution >= 0.6 is 0 Å². The van der Waals surface area contributed by atoms with Gasteiger partial charge in [0.15, 0.2) is 0 Å². The van der Waals surface area contributed by atoms with E-state index in [1.165, 1.54) is 0 Å². The van der Waals surface area contributed by atoms with Gasteiger partial charge in [0.25, 0.3) is 0 Å². The zero-order chi connectivity index (χ0) is 3.41. The Morgan fingerprint density at radius 1 is 2.00 bits per heavy atom. The molecule has 2 heteroatoms. The summed E-state index contributed by atoms with van der Waals surface area (Å²) in [6.07, 6.45) is 0. The minimum absolute atomic E-state index is 0.375. The summed E-state index contributed by atoms with van der Waals surface area (Å²) in [4.78, 5) is 0. The summed E-state index contributed by atoms with van der Waals surface area (Å²) in [5, 5.41) is 7.56. The molecule has 0 bridgehead atoms. The largest absolute Gasteiger partial charge is 0.317 e. The lowest BCUT2D eigenvalue weighted by Crippen LogP contribution is -2.03. The highest BCUT2D eigenvalue weighted by atomic mass is 16.5. The van der Waals surface area contributed by atoms with E-state index in [1.54, 1.807) is 0 Å². The van der Waals surface area contributed by atoms with Gasteiger partial charge in [0.05, 0.1) is 0 Å². The first-order chi connectivity index (χ1) is 1.91. The van der Waals surface area contributed by atoms with Crippen LogP contribution in [-0.2, 0) is 0 Å². The highest BCUT2D eigenvalue weighted by Crippen LogP contribution is 1.32. The molecule has 0 atom stereocenters. The van der Waals surface area contributed by atoms with Crippen molar-refractivity contribution < 1.29 is 5.21 Å². The zero-order valence-electron chi connectivity index (χ0n) is 2.36. The Labute approximate surface area is 25.4 Å². The molecule has 0 spiro atoms.